The van der Waals surface area contributed by atoms with E-state index in [1.165, 1.54) is 0 Å². The highest BCUT2D eigenvalue weighted by molar-refractivity contribution is 9.10. The molecule has 4 nitrogen and oxygen atoms in total. The van der Waals surface area contributed by atoms with Gasteiger partial charge in [-0.2, -0.15) is 0 Å². The molecule has 0 radical (unpaired) electrons. The Balaban J connectivity index is 1.84. The number of amides is 1. The Kier molecular flexibility index (Phi) is 5.57. The molecule has 1 aromatic rings. The number of carbonyl (C=O) groups is 1. The van der Waals surface area contributed by atoms with Crippen molar-refractivity contribution in [2.45, 2.75) is 19.8 Å². The first-order valence-electron chi connectivity index (χ1n) is 7.07. The van der Waals surface area contributed by atoms with Gasteiger partial charge < -0.3 is 11.1 Å². The summed E-state index contributed by atoms with van der Waals surface area (Å²) in [5, 5.41) is 2.98. The van der Waals surface area contributed by atoms with Crippen LogP contribution in [0.5, 0.6) is 0 Å². The first-order valence-corrected chi connectivity index (χ1v) is 7.86. The van der Waals surface area contributed by atoms with E-state index in [0.29, 0.717) is 12.5 Å². The monoisotopic (exact) mass is 339 g/mol. The van der Waals surface area contributed by atoms with Crippen LogP contribution in [0.2, 0.25) is 0 Å². The molecule has 1 heterocycles. The Morgan fingerprint density at radius 3 is 2.75 bits per heavy atom. The highest BCUT2D eigenvalue weighted by Crippen LogP contribution is 2.20. The van der Waals surface area contributed by atoms with Crippen LogP contribution in [0.15, 0.2) is 22.7 Å². The lowest BCUT2D eigenvalue weighted by Crippen LogP contribution is -2.40. The number of nitrogens with zero attached hydrogens (tertiary/aromatic N) is 1. The first-order chi connectivity index (χ1) is 9.58. The van der Waals surface area contributed by atoms with Crippen LogP contribution in [0.3, 0.4) is 0 Å². The van der Waals surface area contributed by atoms with Gasteiger partial charge in [0.2, 0.25) is 5.91 Å². The number of carbonyl (C=O) groups excluding carboxylic acids is 1. The molecule has 2 rings (SSSR count). The quantitative estimate of drug-likeness (QED) is 0.885. The number of aryl methyl sites for hydroxylation is 1. The fourth-order valence-corrected chi connectivity index (χ4v) is 3.02. The van der Waals surface area contributed by atoms with E-state index in [1.54, 1.807) is 0 Å². The predicted octanol–water partition coefficient (Wildman–Crippen LogP) is 2.37. The van der Waals surface area contributed by atoms with E-state index in [-0.39, 0.29) is 5.91 Å². The van der Waals surface area contributed by atoms with Crippen molar-refractivity contribution >= 4 is 27.5 Å². The van der Waals surface area contributed by atoms with Gasteiger partial charge in [-0.15, -0.1) is 0 Å². The van der Waals surface area contributed by atoms with Crippen molar-refractivity contribution in [3.8, 4) is 0 Å². The number of hydrogen-bond donors (Lipinski definition) is 2. The lowest BCUT2D eigenvalue weighted by Gasteiger charge is -2.30. The maximum Gasteiger partial charge on any atom is 0.238 e. The van der Waals surface area contributed by atoms with Crippen molar-refractivity contribution < 1.29 is 4.79 Å². The summed E-state index contributed by atoms with van der Waals surface area (Å²) in [5.74, 6) is 0.685. The SMILES string of the molecule is Cc1cc(Br)ccc1NC(=O)CN1CCC(CN)CC1. The molecular weight excluding hydrogens is 318 g/mol. The van der Waals surface area contributed by atoms with Crippen LogP contribution in [0.1, 0.15) is 18.4 Å². The summed E-state index contributed by atoms with van der Waals surface area (Å²) < 4.78 is 1.02. The van der Waals surface area contributed by atoms with E-state index in [4.69, 9.17) is 5.73 Å². The third-order valence-electron chi connectivity index (χ3n) is 3.87. The third-order valence-corrected chi connectivity index (χ3v) is 4.36. The molecule has 3 N–H and O–H groups in total. The smallest absolute Gasteiger partial charge is 0.238 e. The molecule has 1 aliphatic heterocycles. The fourth-order valence-electron chi connectivity index (χ4n) is 2.54. The molecule has 0 unspecified atom stereocenters. The summed E-state index contributed by atoms with van der Waals surface area (Å²) in [4.78, 5) is 14.3. The molecule has 0 bridgehead atoms. The van der Waals surface area contributed by atoms with Gasteiger partial charge in [-0.25, -0.2) is 0 Å². The molecule has 0 atom stereocenters. The molecule has 1 aromatic carbocycles. The Morgan fingerprint density at radius 1 is 1.45 bits per heavy atom. The maximum atomic E-state index is 12.1. The molecular formula is C15H22BrN3O. The van der Waals surface area contributed by atoms with Gasteiger partial charge in [-0.1, -0.05) is 15.9 Å². The number of likely N-dealkylation sites (tertiary alicyclic amines) is 1. The second-order valence-electron chi connectivity index (χ2n) is 5.46. The molecule has 20 heavy (non-hydrogen) atoms. The van der Waals surface area contributed by atoms with E-state index >= 15 is 0 Å². The first kappa shape index (κ1) is 15.5. The van der Waals surface area contributed by atoms with Crippen LogP contribution in [-0.4, -0.2) is 37.0 Å². The summed E-state index contributed by atoms with van der Waals surface area (Å²) in [5.41, 5.74) is 7.63. The van der Waals surface area contributed by atoms with Crippen LogP contribution >= 0.6 is 15.9 Å². The van der Waals surface area contributed by atoms with Crippen LogP contribution in [0, 0.1) is 12.8 Å². The van der Waals surface area contributed by atoms with Gasteiger partial charge in [-0.3, -0.25) is 9.69 Å². The second-order valence-corrected chi connectivity index (χ2v) is 6.38. The Morgan fingerprint density at radius 2 is 2.15 bits per heavy atom. The van der Waals surface area contributed by atoms with Gasteiger partial charge in [0.25, 0.3) is 0 Å². The number of halogens is 1. The highest BCUT2D eigenvalue weighted by Gasteiger charge is 2.19. The summed E-state index contributed by atoms with van der Waals surface area (Å²) in [7, 11) is 0. The number of rotatable bonds is 4. The zero-order valence-electron chi connectivity index (χ0n) is 11.9. The zero-order valence-corrected chi connectivity index (χ0v) is 13.4. The van der Waals surface area contributed by atoms with E-state index in [0.717, 1.165) is 48.2 Å². The summed E-state index contributed by atoms with van der Waals surface area (Å²) in [6.45, 7) is 5.15. The normalized spacial score (nSPS) is 17.1. The predicted molar refractivity (Wildman–Crippen MR) is 85.7 cm³/mol. The van der Waals surface area contributed by atoms with Crippen molar-refractivity contribution in [1.29, 1.82) is 0 Å². The average molecular weight is 340 g/mol. The number of nitrogens with two attached hydrogens (primary N) is 1. The second kappa shape index (κ2) is 7.20. The Labute approximate surface area is 128 Å². The summed E-state index contributed by atoms with van der Waals surface area (Å²) in [6, 6.07) is 5.87. The Bertz CT molecular complexity index is 470. The van der Waals surface area contributed by atoms with Crippen LogP contribution in [0.4, 0.5) is 5.69 Å². The largest absolute Gasteiger partial charge is 0.330 e. The van der Waals surface area contributed by atoms with Crippen molar-refractivity contribution in [1.82, 2.24) is 4.90 Å². The lowest BCUT2D eigenvalue weighted by molar-refractivity contribution is -0.117. The molecule has 0 aromatic heterocycles. The van der Waals surface area contributed by atoms with Gasteiger partial charge in [0.15, 0.2) is 0 Å². The minimum absolute atomic E-state index is 0.0571. The van der Waals surface area contributed by atoms with Crippen LogP contribution in [-0.2, 0) is 4.79 Å². The molecule has 1 aliphatic rings. The van der Waals surface area contributed by atoms with E-state index in [1.807, 2.05) is 25.1 Å². The summed E-state index contributed by atoms with van der Waals surface area (Å²) >= 11 is 3.42. The molecule has 0 spiro atoms. The van der Waals surface area contributed by atoms with Gasteiger partial charge in [0, 0.05) is 10.2 Å². The van der Waals surface area contributed by atoms with E-state index < -0.39 is 0 Å². The van der Waals surface area contributed by atoms with Crippen LogP contribution < -0.4 is 11.1 Å². The standard InChI is InChI=1S/C15H22BrN3O/c1-11-8-13(16)2-3-14(11)18-15(20)10-19-6-4-12(9-17)5-7-19/h2-3,8,12H,4-7,9-10,17H2,1H3,(H,18,20). The Hall–Kier alpha value is -0.910. The minimum Gasteiger partial charge on any atom is -0.330 e. The fraction of sp³-hybridized carbons (Fsp3) is 0.533. The number of anilines is 1. The van der Waals surface area contributed by atoms with E-state index in [2.05, 4.69) is 26.1 Å². The lowest BCUT2D eigenvalue weighted by atomic mass is 9.97. The van der Waals surface area contributed by atoms with Crippen molar-refractivity contribution in [2.24, 2.45) is 11.7 Å². The van der Waals surface area contributed by atoms with Gasteiger partial charge >= 0.3 is 0 Å². The molecule has 0 saturated carbocycles. The molecule has 0 aliphatic carbocycles. The van der Waals surface area contributed by atoms with Crippen molar-refractivity contribution in [2.75, 3.05) is 31.5 Å². The molecule has 1 fully saturated rings. The molecule has 1 amide bonds. The number of piperidine rings is 1. The minimum atomic E-state index is 0.0571. The molecule has 5 heteroatoms. The molecule has 1 saturated heterocycles. The average Bonchev–Trinajstić information content (AvgIpc) is 2.43. The highest BCUT2D eigenvalue weighted by atomic mass is 79.9. The number of nitrogens with one attached hydrogen (secondary N) is 1. The molecule has 110 valence electrons. The number of benzene rings is 1. The topological polar surface area (TPSA) is 58.4 Å². The third kappa shape index (κ3) is 4.30. The van der Waals surface area contributed by atoms with Gasteiger partial charge in [0.1, 0.15) is 0 Å². The van der Waals surface area contributed by atoms with Gasteiger partial charge in [0.05, 0.1) is 6.54 Å². The van der Waals surface area contributed by atoms with Crippen molar-refractivity contribution in [3.63, 3.8) is 0 Å². The van der Waals surface area contributed by atoms with Gasteiger partial charge in [-0.05, 0) is 69.1 Å². The summed E-state index contributed by atoms with van der Waals surface area (Å²) in [6.07, 6.45) is 2.20. The maximum absolute atomic E-state index is 12.1. The van der Waals surface area contributed by atoms with Crippen LogP contribution in [0.25, 0.3) is 0 Å². The van der Waals surface area contributed by atoms with E-state index in [9.17, 15) is 4.79 Å². The van der Waals surface area contributed by atoms with Crippen molar-refractivity contribution in [3.05, 3.63) is 28.2 Å². The zero-order chi connectivity index (χ0) is 14.5. The number of hydrogen-bond acceptors (Lipinski definition) is 3.